The average Bonchev–Trinajstić information content (AvgIpc) is 2.76. The molecule has 0 aliphatic heterocycles. The second-order valence-electron chi connectivity index (χ2n) is 3.57. The number of aromatic nitrogens is 2. The third kappa shape index (κ3) is 3.50. The highest BCUT2D eigenvalue weighted by Gasteiger charge is 2.06. The molecular formula is C11H10IN3O3. The van der Waals surface area contributed by atoms with Gasteiger partial charge >= 0.3 is 5.97 Å². The number of aliphatic carboxylic acids is 1. The molecule has 2 rings (SSSR count). The Morgan fingerprint density at radius 2 is 2.11 bits per heavy atom. The van der Waals surface area contributed by atoms with E-state index in [0.29, 0.717) is 16.3 Å². The largest absolute Gasteiger partial charge is 0.480 e. The van der Waals surface area contributed by atoms with Crippen LogP contribution in [0, 0.1) is 3.90 Å². The molecule has 6 nitrogen and oxygen atoms in total. The van der Waals surface area contributed by atoms with Gasteiger partial charge in [0.2, 0.25) is 5.82 Å². The minimum absolute atomic E-state index is 0.0508. The van der Waals surface area contributed by atoms with E-state index < -0.39 is 5.97 Å². The Bertz CT molecular complexity index is 539. The van der Waals surface area contributed by atoms with Crippen LogP contribution in [0.25, 0.3) is 11.4 Å². The number of carboxylic acid groups (broad SMARTS) is 1. The summed E-state index contributed by atoms with van der Waals surface area (Å²) in [6, 6.07) is 7.54. The summed E-state index contributed by atoms with van der Waals surface area (Å²) in [7, 11) is 0. The van der Waals surface area contributed by atoms with Gasteiger partial charge < -0.3 is 14.9 Å². The van der Waals surface area contributed by atoms with Crippen molar-refractivity contribution in [1.82, 2.24) is 15.5 Å². The number of carboxylic acids is 1. The fraction of sp³-hybridized carbons (Fsp3) is 0.182. The van der Waals surface area contributed by atoms with Crippen molar-refractivity contribution < 1.29 is 14.4 Å². The molecule has 0 amide bonds. The molecule has 0 saturated carbocycles. The second-order valence-corrected chi connectivity index (χ2v) is 4.49. The Hall–Kier alpha value is -1.48. The molecule has 2 aromatic rings. The summed E-state index contributed by atoms with van der Waals surface area (Å²) >= 11 is 1.95. The van der Waals surface area contributed by atoms with Crippen molar-refractivity contribution in [3.05, 3.63) is 33.7 Å². The van der Waals surface area contributed by atoms with Crippen LogP contribution in [0.2, 0.25) is 0 Å². The Kier molecular flexibility index (Phi) is 4.26. The summed E-state index contributed by atoms with van der Waals surface area (Å²) in [5.41, 5.74) is 1.86. The molecule has 94 valence electrons. The Morgan fingerprint density at radius 3 is 2.67 bits per heavy atom. The predicted molar refractivity (Wildman–Crippen MR) is 71.8 cm³/mol. The van der Waals surface area contributed by atoms with Crippen molar-refractivity contribution in [3.63, 3.8) is 0 Å². The molecule has 0 fully saturated rings. The molecule has 0 bridgehead atoms. The number of hydrogen-bond donors (Lipinski definition) is 2. The molecule has 2 N–H and O–H groups in total. The van der Waals surface area contributed by atoms with Crippen LogP contribution in [-0.2, 0) is 11.3 Å². The summed E-state index contributed by atoms with van der Waals surface area (Å²) < 4.78 is 5.38. The number of hydrogen-bond acceptors (Lipinski definition) is 5. The normalized spacial score (nSPS) is 10.5. The number of rotatable bonds is 5. The van der Waals surface area contributed by atoms with Crippen LogP contribution in [0.1, 0.15) is 5.56 Å². The fourth-order valence-electron chi connectivity index (χ4n) is 1.41. The van der Waals surface area contributed by atoms with Gasteiger partial charge in [-0.1, -0.05) is 29.4 Å². The van der Waals surface area contributed by atoms with Gasteiger partial charge in [-0.15, -0.1) is 0 Å². The lowest BCUT2D eigenvalue weighted by atomic mass is 10.1. The zero-order valence-electron chi connectivity index (χ0n) is 9.26. The standard InChI is InChI=1S/C11H10IN3O3/c12-11-14-10(15-18-11)8-3-1-7(2-4-8)5-13-6-9(16)17/h1-4,13H,5-6H2,(H,16,17). The van der Waals surface area contributed by atoms with Crippen molar-refractivity contribution in [3.8, 4) is 11.4 Å². The number of nitrogens with zero attached hydrogens (tertiary/aromatic N) is 2. The number of nitrogens with one attached hydrogen (secondary N) is 1. The van der Waals surface area contributed by atoms with Crippen LogP contribution in [-0.4, -0.2) is 27.8 Å². The third-order valence-electron chi connectivity index (χ3n) is 2.22. The number of carbonyl (C=O) groups is 1. The molecule has 0 unspecified atom stereocenters. The van der Waals surface area contributed by atoms with Gasteiger partial charge in [0.25, 0.3) is 3.90 Å². The van der Waals surface area contributed by atoms with Crippen LogP contribution in [0.15, 0.2) is 28.8 Å². The average molecular weight is 359 g/mol. The van der Waals surface area contributed by atoms with E-state index in [2.05, 4.69) is 15.5 Å². The summed E-state index contributed by atoms with van der Waals surface area (Å²) in [4.78, 5) is 14.5. The molecule has 0 atom stereocenters. The topological polar surface area (TPSA) is 88.2 Å². The molecule has 0 aliphatic rings. The van der Waals surface area contributed by atoms with E-state index in [1.807, 2.05) is 46.9 Å². The SMILES string of the molecule is O=C(O)CNCc1ccc(-c2noc(I)n2)cc1. The van der Waals surface area contributed by atoms with E-state index >= 15 is 0 Å². The van der Waals surface area contributed by atoms with E-state index in [4.69, 9.17) is 9.63 Å². The first kappa shape index (κ1) is 13.0. The van der Waals surface area contributed by atoms with Gasteiger partial charge in [-0.2, -0.15) is 4.98 Å². The Labute approximate surface area is 117 Å². The van der Waals surface area contributed by atoms with E-state index in [0.717, 1.165) is 11.1 Å². The van der Waals surface area contributed by atoms with Gasteiger partial charge in [-0.3, -0.25) is 4.79 Å². The minimum Gasteiger partial charge on any atom is -0.480 e. The third-order valence-corrected chi connectivity index (χ3v) is 2.66. The molecule has 7 heteroatoms. The van der Waals surface area contributed by atoms with Gasteiger partial charge in [0.15, 0.2) is 0 Å². The van der Waals surface area contributed by atoms with E-state index in [-0.39, 0.29) is 6.54 Å². The summed E-state index contributed by atoms with van der Waals surface area (Å²) in [5, 5.41) is 15.1. The lowest BCUT2D eigenvalue weighted by Crippen LogP contribution is -2.21. The van der Waals surface area contributed by atoms with Crippen LogP contribution in [0.4, 0.5) is 0 Å². The molecule has 0 radical (unpaired) electrons. The molecule has 0 aliphatic carbocycles. The second kappa shape index (κ2) is 5.91. The van der Waals surface area contributed by atoms with Crippen LogP contribution < -0.4 is 5.32 Å². The highest BCUT2D eigenvalue weighted by molar-refractivity contribution is 14.1. The Morgan fingerprint density at radius 1 is 1.39 bits per heavy atom. The summed E-state index contributed by atoms with van der Waals surface area (Å²) in [6.45, 7) is 0.459. The smallest absolute Gasteiger partial charge is 0.317 e. The molecular weight excluding hydrogens is 349 g/mol. The van der Waals surface area contributed by atoms with E-state index in [1.165, 1.54) is 0 Å². The first-order valence-corrected chi connectivity index (χ1v) is 6.24. The van der Waals surface area contributed by atoms with Crippen LogP contribution in [0.5, 0.6) is 0 Å². The lowest BCUT2D eigenvalue weighted by molar-refractivity contribution is -0.135. The molecule has 1 aromatic carbocycles. The van der Waals surface area contributed by atoms with Gasteiger partial charge in [0, 0.05) is 34.7 Å². The van der Waals surface area contributed by atoms with Crippen LogP contribution >= 0.6 is 22.6 Å². The highest BCUT2D eigenvalue weighted by Crippen LogP contribution is 2.17. The number of benzene rings is 1. The van der Waals surface area contributed by atoms with Crippen molar-refractivity contribution in [2.75, 3.05) is 6.54 Å². The van der Waals surface area contributed by atoms with Crippen LogP contribution in [0.3, 0.4) is 0 Å². The Balaban J connectivity index is 1.99. The minimum atomic E-state index is -0.868. The van der Waals surface area contributed by atoms with E-state index in [1.54, 1.807) is 0 Å². The zero-order chi connectivity index (χ0) is 13.0. The van der Waals surface area contributed by atoms with Gasteiger partial charge in [0.05, 0.1) is 6.54 Å². The fourth-order valence-corrected chi connectivity index (χ4v) is 1.73. The lowest BCUT2D eigenvalue weighted by Gasteiger charge is -2.02. The summed E-state index contributed by atoms with van der Waals surface area (Å²) in [6.07, 6.45) is 0. The van der Waals surface area contributed by atoms with E-state index in [9.17, 15) is 4.79 Å². The van der Waals surface area contributed by atoms with Crippen molar-refractivity contribution >= 4 is 28.6 Å². The molecule has 0 spiro atoms. The first-order chi connectivity index (χ1) is 8.65. The molecule has 0 saturated heterocycles. The highest BCUT2D eigenvalue weighted by atomic mass is 127. The maximum atomic E-state index is 10.3. The monoisotopic (exact) mass is 359 g/mol. The van der Waals surface area contributed by atoms with Crippen molar-refractivity contribution in [2.24, 2.45) is 0 Å². The quantitative estimate of drug-likeness (QED) is 0.787. The summed E-state index contributed by atoms with van der Waals surface area (Å²) in [5.74, 6) is -0.322. The van der Waals surface area contributed by atoms with Gasteiger partial charge in [-0.25, -0.2) is 0 Å². The van der Waals surface area contributed by atoms with Crippen molar-refractivity contribution in [1.29, 1.82) is 0 Å². The number of halogens is 1. The predicted octanol–water partition coefficient (Wildman–Crippen LogP) is 1.52. The molecule has 1 heterocycles. The maximum Gasteiger partial charge on any atom is 0.317 e. The van der Waals surface area contributed by atoms with Crippen molar-refractivity contribution in [2.45, 2.75) is 6.54 Å². The van der Waals surface area contributed by atoms with Gasteiger partial charge in [0.1, 0.15) is 0 Å². The maximum absolute atomic E-state index is 10.3. The molecule has 18 heavy (non-hydrogen) atoms. The van der Waals surface area contributed by atoms with Gasteiger partial charge in [-0.05, 0) is 5.56 Å². The zero-order valence-corrected chi connectivity index (χ0v) is 11.4. The first-order valence-electron chi connectivity index (χ1n) is 5.16. The molecule has 1 aromatic heterocycles.